The van der Waals surface area contributed by atoms with Gasteiger partial charge in [-0.1, -0.05) is 79.7 Å². The van der Waals surface area contributed by atoms with E-state index >= 15 is 0 Å². The topological polar surface area (TPSA) is 81.8 Å². The molecule has 3 aromatic carbocycles. The van der Waals surface area contributed by atoms with Crippen LogP contribution in [-0.2, 0) is 20.8 Å². The Kier molecular flexibility index (Phi) is 9.05. The average molecular weight is 499 g/mol. The van der Waals surface area contributed by atoms with Crippen LogP contribution in [0.3, 0.4) is 0 Å². The monoisotopic (exact) mass is 498 g/mol. The van der Waals surface area contributed by atoms with E-state index in [0.29, 0.717) is 45.0 Å². The maximum Gasteiger partial charge on any atom is 0.313 e. The average Bonchev–Trinajstić information content (AvgIpc) is 2.95. The molecule has 4 rings (SSSR count). The first-order valence-electron chi connectivity index (χ1n) is 12.8. The lowest BCUT2D eigenvalue weighted by atomic mass is 9.90. The summed E-state index contributed by atoms with van der Waals surface area (Å²) in [5, 5.41) is 5.32. The van der Waals surface area contributed by atoms with Crippen molar-refractivity contribution in [3.8, 4) is 0 Å². The minimum Gasteiger partial charge on any atom is -0.347 e. The zero-order valence-electron chi connectivity index (χ0n) is 21.2. The lowest BCUT2D eigenvalue weighted by Crippen LogP contribution is -2.51. The number of amides is 3. The lowest BCUT2D eigenvalue weighted by Gasteiger charge is -2.36. The fraction of sp³-hybridized carbons (Fsp3) is 0.300. The summed E-state index contributed by atoms with van der Waals surface area (Å²) in [7, 11) is 0. The number of rotatable bonds is 8. The second kappa shape index (κ2) is 12.8. The lowest BCUT2D eigenvalue weighted by molar-refractivity contribution is -0.136. The molecule has 0 bridgehead atoms. The number of carbonyl (C=O) groups excluding carboxylic acids is 3. The number of piperazine rings is 1. The predicted octanol–water partition coefficient (Wildman–Crippen LogP) is 3.28. The van der Waals surface area contributed by atoms with Crippen LogP contribution in [0.4, 0.5) is 5.69 Å². The number of carbonyl (C=O) groups is 3. The van der Waals surface area contributed by atoms with E-state index in [1.165, 1.54) is 5.56 Å². The van der Waals surface area contributed by atoms with Crippen molar-refractivity contribution >= 4 is 23.4 Å². The molecule has 0 aliphatic carbocycles. The van der Waals surface area contributed by atoms with Gasteiger partial charge < -0.3 is 15.5 Å². The highest BCUT2D eigenvalue weighted by molar-refractivity contribution is 6.39. The molecule has 2 N–H and O–H groups in total. The highest BCUT2D eigenvalue weighted by atomic mass is 16.2. The molecule has 0 unspecified atom stereocenters. The molecule has 37 heavy (non-hydrogen) atoms. The summed E-state index contributed by atoms with van der Waals surface area (Å²) in [6.45, 7) is 5.72. The summed E-state index contributed by atoms with van der Waals surface area (Å²) in [5.74, 6) is -1.55. The summed E-state index contributed by atoms with van der Waals surface area (Å²) in [5.41, 5.74) is 3.74. The highest BCUT2D eigenvalue weighted by Gasteiger charge is 2.29. The van der Waals surface area contributed by atoms with Crippen molar-refractivity contribution in [1.82, 2.24) is 15.1 Å². The van der Waals surface area contributed by atoms with Gasteiger partial charge in [0.25, 0.3) is 0 Å². The van der Waals surface area contributed by atoms with Gasteiger partial charge in [0.05, 0.1) is 5.92 Å². The van der Waals surface area contributed by atoms with Gasteiger partial charge in [0, 0.05) is 45.0 Å². The van der Waals surface area contributed by atoms with Gasteiger partial charge in [-0.25, -0.2) is 0 Å². The van der Waals surface area contributed by atoms with Crippen molar-refractivity contribution < 1.29 is 14.4 Å². The number of anilines is 1. The molecule has 3 aromatic rings. The van der Waals surface area contributed by atoms with Crippen molar-refractivity contribution in [2.75, 3.05) is 44.6 Å². The van der Waals surface area contributed by atoms with Crippen LogP contribution in [0.1, 0.15) is 29.5 Å². The van der Waals surface area contributed by atoms with Crippen LogP contribution in [0.2, 0.25) is 0 Å². The normalized spacial score (nSPS) is 13.8. The summed E-state index contributed by atoms with van der Waals surface area (Å²) in [4.78, 5) is 42.1. The Morgan fingerprint density at radius 3 is 1.86 bits per heavy atom. The molecule has 1 saturated heterocycles. The zero-order chi connectivity index (χ0) is 26.0. The SMILES string of the molecule is CCc1ccc(NC(=O)C(=O)NCCN2CCN(C(=O)C(c3ccccc3)c3ccccc3)CC2)cc1. The Labute approximate surface area is 218 Å². The Bertz CT molecular complexity index is 1130. The molecule has 1 fully saturated rings. The number of aryl methyl sites for hydroxylation is 1. The zero-order valence-corrected chi connectivity index (χ0v) is 21.2. The maximum absolute atomic E-state index is 13.6. The molecule has 0 aromatic heterocycles. The van der Waals surface area contributed by atoms with Crippen LogP contribution in [0, 0.1) is 0 Å². The molecule has 0 spiro atoms. The molecule has 192 valence electrons. The van der Waals surface area contributed by atoms with Crippen molar-refractivity contribution in [1.29, 1.82) is 0 Å². The molecule has 7 heteroatoms. The van der Waals surface area contributed by atoms with Gasteiger partial charge in [-0.3, -0.25) is 19.3 Å². The molecule has 0 atom stereocenters. The van der Waals surface area contributed by atoms with Crippen LogP contribution in [0.25, 0.3) is 0 Å². The van der Waals surface area contributed by atoms with Crippen molar-refractivity contribution in [3.05, 3.63) is 102 Å². The summed E-state index contributed by atoms with van der Waals surface area (Å²) >= 11 is 0. The van der Waals surface area contributed by atoms with E-state index < -0.39 is 11.8 Å². The van der Waals surface area contributed by atoms with Gasteiger partial charge in [-0.2, -0.15) is 0 Å². The number of benzene rings is 3. The smallest absolute Gasteiger partial charge is 0.313 e. The molecule has 0 saturated carbocycles. The van der Waals surface area contributed by atoms with Crippen LogP contribution in [0.15, 0.2) is 84.9 Å². The van der Waals surface area contributed by atoms with Gasteiger partial charge in [0.1, 0.15) is 0 Å². The Balaban J connectivity index is 1.24. The third-order valence-corrected chi connectivity index (χ3v) is 6.74. The Morgan fingerprint density at radius 1 is 0.757 bits per heavy atom. The van der Waals surface area contributed by atoms with E-state index in [1.807, 2.05) is 77.7 Å². The quantitative estimate of drug-likeness (QED) is 0.467. The molecule has 0 radical (unpaired) electrons. The van der Waals surface area contributed by atoms with Crippen LogP contribution in [0.5, 0.6) is 0 Å². The summed E-state index contributed by atoms with van der Waals surface area (Å²) in [6, 6.07) is 27.3. The van der Waals surface area contributed by atoms with E-state index in [0.717, 1.165) is 17.5 Å². The fourth-order valence-electron chi connectivity index (χ4n) is 4.56. The second-order valence-electron chi connectivity index (χ2n) is 9.18. The molecule has 1 aliphatic rings. The van der Waals surface area contributed by atoms with Crippen LogP contribution in [-0.4, -0.2) is 66.8 Å². The van der Waals surface area contributed by atoms with E-state index in [1.54, 1.807) is 12.1 Å². The highest BCUT2D eigenvalue weighted by Crippen LogP contribution is 2.27. The van der Waals surface area contributed by atoms with Gasteiger partial charge in [-0.15, -0.1) is 0 Å². The molecule has 1 aliphatic heterocycles. The number of nitrogens with one attached hydrogen (secondary N) is 2. The Morgan fingerprint density at radius 2 is 1.32 bits per heavy atom. The minimum atomic E-state index is -0.674. The maximum atomic E-state index is 13.6. The predicted molar refractivity (Wildman–Crippen MR) is 145 cm³/mol. The van der Waals surface area contributed by atoms with E-state index in [4.69, 9.17) is 0 Å². The number of hydrogen-bond donors (Lipinski definition) is 2. The fourth-order valence-corrected chi connectivity index (χ4v) is 4.56. The van der Waals surface area contributed by atoms with Crippen LogP contribution >= 0.6 is 0 Å². The Hall–Kier alpha value is -3.97. The standard InChI is InChI=1S/C30H34N4O3/c1-2-23-13-15-26(16-14-23)32-29(36)28(35)31-17-18-33-19-21-34(22-20-33)30(37)27(24-9-5-3-6-10-24)25-11-7-4-8-12-25/h3-16,27H,2,17-22H2,1H3,(H,31,35)(H,32,36). The van der Waals surface area contributed by atoms with Gasteiger partial charge in [0.15, 0.2) is 0 Å². The number of nitrogens with zero attached hydrogens (tertiary/aromatic N) is 2. The van der Waals surface area contributed by atoms with Crippen molar-refractivity contribution in [3.63, 3.8) is 0 Å². The van der Waals surface area contributed by atoms with Gasteiger partial charge >= 0.3 is 11.8 Å². The largest absolute Gasteiger partial charge is 0.347 e. The number of hydrogen-bond acceptors (Lipinski definition) is 4. The van der Waals surface area contributed by atoms with Crippen molar-refractivity contribution in [2.45, 2.75) is 19.3 Å². The van der Waals surface area contributed by atoms with Crippen molar-refractivity contribution in [2.24, 2.45) is 0 Å². The van der Waals surface area contributed by atoms with E-state index in [2.05, 4.69) is 22.5 Å². The first-order valence-corrected chi connectivity index (χ1v) is 12.8. The third kappa shape index (κ3) is 7.05. The second-order valence-corrected chi connectivity index (χ2v) is 9.18. The summed E-state index contributed by atoms with van der Waals surface area (Å²) in [6.07, 6.45) is 0.914. The minimum absolute atomic E-state index is 0.106. The molecule has 3 amide bonds. The van der Waals surface area contributed by atoms with Crippen LogP contribution < -0.4 is 10.6 Å². The molecule has 1 heterocycles. The van der Waals surface area contributed by atoms with Gasteiger partial charge in [0.2, 0.25) is 5.91 Å². The molecular weight excluding hydrogens is 464 g/mol. The molecular formula is C30H34N4O3. The first-order chi connectivity index (χ1) is 18.0. The molecule has 7 nitrogen and oxygen atoms in total. The van der Waals surface area contributed by atoms with E-state index in [-0.39, 0.29) is 11.8 Å². The first kappa shape index (κ1) is 26.1. The van der Waals surface area contributed by atoms with E-state index in [9.17, 15) is 14.4 Å². The summed E-state index contributed by atoms with van der Waals surface area (Å²) < 4.78 is 0. The third-order valence-electron chi connectivity index (χ3n) is 6.74. The van der Waals surface area contributed by atoms with Gasteiger partial charge in [-0.05, 0) is 35.2 Å².